The summed E-state index contributed by atoms with van der Waals surface area (Å²) >= 11 is 5.93. The zero-order chi connectivity index (χ0) is 13.9. The van der Waals surface area contributed by atoms with Crippen molar-refractivity contribution in [3.8, 4) is 0 Å². The molecule has 0 aliphatic heterocycles. The maximum Gasteiger partial charge on any atom is 0.0589 e. The third kappa shape index (κ3) is 2.87. The van der Waals surface area contributed by atoms with Crippen molar-refractivity contribution in [3.63, 3.8) is 0 Å². The Morgan fingerprint density at radius 1 is 1.25 bits per heavy atom. The monoisotopic (exact) mass is 286 g/mol. The van der Waals surface area contributed by atoms with Crippen LogP contribution in [-0.4, -0.2) is 11.5 Å². The van der Waals surface area contributed by atoms with Gasteiger partial charge in [-0.3, -0.25) is 4.98 Å². The minimum absolute atomic E-state index is 0.322. The van der Waals surface area contributed by atoms with Crippen molar-refractivity contribution < 1.29 is 0 Å². The van der Waals surface area contributed by atoms with E-state index in [-0.39, 0.29) is 0 Å². The normalized spacial score (nSPS) is 22.5. The van der Waals surface area contributed by atoms with E-state index >= 15 is 0 Å². The molecule has 1 aromatic heterocycles. The number of nitrogens with one attached hydrogen (secondary N) is 1. The molecule has 1 aliphatic rings. The smallest absolute Gasteiger partial charge is 0.0589 e. The quantitative estimate of drug-likeness (QED) is 0.891. The van der Waals surface area contributed by atoms with Crippen LogP contribution in [0.15, 0.2) is 48.7 Å². The van der Waals surface area contributed by atoms with E-state index in [4.69, 9.17) is 11.6 Å². The van der Waals surface area contributed by atoms with Crippen LogP contribution < -0.4 is 5.32 Å². The van der Waals surface area contributed by atoms with Gasteiger partial charge in [-0.15, -0.1) is 0 Å². The molecular weight excluding hydrogens is 268 g/mol. The SMILES string of the molecule is CCNC(c1ccc(Cl)cn1)C1CC1c1ccccc1. The third-order valence-electron chi connectivity index (χ3n) is 3.99. The Kier molecular flexibility index (Phi) is 4.04. The van der Waals surface area contributed by atoms with Crippen LogP contribution in [0.4, 0.5) is 0 Å². The van der Waals surface area contributed by atoms with E-state index in [0.29, 0.717) is 22.9 Å². The fraction of sp³-hybridized carbons (Fsp3) is 0.353. The second kappa shape index (κ2) is 5.94. The number of aromatic nitrogens is 1. The van der Waals surface area contributed by atoms with Gasteiger partial charge in [0.25, 0.3) is 0 Å². The average molecular weight is 287 g/mol. The molecule has 20 heavy (non-hydrogen) atoms. The summed E-state index contributed by atoms with van der Waals surface area (Å²) in [5, 5.41) is 4.27. The number of rotatable bonds is 5. The number of hydrogen-bond donors (Lipinski definition) is 1. The second-order valence-corrected chi connectivity index (χ2v) is 5.79. The zero-order valence-electron chi connectivity index (χ0n) is 11.6. The molecule has 3 heteroatoms. The molecule has 3 unspecified atom stereocenters. The molecule has 0 radical (unpaired) electrons. The Hall–Kier alpha value is -1.38. The third-order valence-corrected chi connectivity index (χ3v) is 4.21. The molecule has 0 amide bonds. The first-order valence-electron chi connectivity index (χ1n) is 7.19. The summed E-state index contributed by atoms with van der Waals surface area (Å²) in [7, 11) is 0. The van der Waals surface area contributed by atoms with Gasteiger partial charge in [0.1, 0.15) is 0 Å². The van der Waals surface area contributed by atoms with E-state index in [1.165, 1.54) is 12.0 Å². The lowest BCUT2D eigenvalue weighted by atomic mass is 10.0. The molecule has 0 spiro atoms. The number of benzene rings is 1. The summed E-state index contributed by atoms with van der Waals surface area (Å²) in [4.78, 5) is 4.49. The van der Waals surface area contributed by atoms with E-state index < -0.39 is 0 Å². The van der Waals surface area contributed by atoms with E-state index in [0.717, 1.165) is 12.2 Å². The summed E-state index contributed by atoms with van der Waals surface area (Å²) in [6.07, 6.45) is 2.97. The van der Waals surface area contributed by atoms with Gasteiger partial charge in [0.05, 0.1) is 16.8 Å². The molecular formula is C17H19ClN2. The van der Waals surface area contributed by atoms with Crippen LogP contribution in [-0.2, 0) is 0 Å². The lowest BCUT2D eigenvalue weighted by Gasteiger charge is -2.17. The Morgan fingerprint density at radius 2 is 2.05 bits per heavy atom. The maximum absolute atomic E-state index is 5.93. The van der Waals surface area contributed by atoms with Crippen LogP contribution in [0, 0.1) is 5.92 Å². The van der Waals surface area contributed by atoms with Crippen LogP contribution in [0.1, 0.15) is 36.6 Å². The molecule has 1 heterocycles. The van der Waals surface area contributed by atoms with Gasteiger partial charge in [0.2, 0.25) is 0 Å². The first kappa shape index (κ1) is 13.6. The number of hydrogen-bond acceptors (Lipinski definition) is 2. The molecule has 3 rings (SSSR count). The zero-order valence-corrected chi connectivity index (χ0v) is 12.3. The van der Waals surface area contributed by atoms with Gasteiger partial charge >= 0.3 is 0 Å². The van der Waals surface area contributed by atoms with Gasteiger partial charge in [0, 0.05) is 6.20 Å². The molecule has 0 saturated heterocycles. The largest absolute Gasteiger partial charge is 0.309 e. The van der Waals surface area contributed by atoms with Gasteiger partial charge in [-0.05, 0) is 42.5 Å². The highest BCUT2D eigenvalue weighted by atomic mass is 35.5. The van der Waals surface area contributed by atoms with Crippen LogP contribution in [0.2, 0.25) is 5.02 Å². The molecule has 1 fully saturated rings. The highest BCUT2D eigenvalue weighted by molar-refractivity contribution is 6.30. The fourth-order valence-corrected chi connectivity index (χ4v) is 3.04. The van der Waals surface area contributed by atoms with Crippen LogP contribution in [0.5, 0.6) is 0 Å². The first-order chi connectivity index (χ1) is 9.79. The summed E-state index contributed by atoms with van der Waals surface area (Å²) < 4.78 is 0. The molecule has 104 valence electrons. The number of halogens is 1. The fourth-order valence-electron chi connectivity index (χ4n) is 2.93. The van der Waals surface area contributed by atoms with Crippen LogP contribution in [0.25, 0.3) is 0 Å². The lowest BCUT2D eigenvalue weighted by molar-refractivity contribution is 0.476. The van der Waals surface area contributed by atoms with Crippen molar-refractivity contribution in [3.05, 3.63) is 64.9 Å². The highest BCUT2D eigenvalue weighted by Gasteiger charge is 2.44. The minimum atomic E-state index is 0.322. The Balaban J connectivity index is 1.78. The van der Waals surface area contributed by atoms with Crippen molar-refractivity contribution in [2.24, 2.45) is 5.92 Å². The number of pyridine rings is 1. The van der Waals surface area contributed by atoms with E-state index in [2.05, 4.69) is 47.6 Å². The van der Waals surface area contributed by atoms with Crippen molar-refractivity contribution in [1.29, 1.82) is 0 Å². The minimum Gasteiger partial charge on any atom is -0.309 e. The van der Waals surface area contributed by atoms with E-state index in [1.807, 2.05) is 12.1 Å². The van der Waals surface area contributed by atoms with Crippen molar-refractivity contribution in [1.82, 2.24) is 10.3 Å². The molecule has 2 aromatic rings. The Labute approximate surface area is 125 Å². The maximum atomic E-state index is 5.93. The van der Waals surface area contributed by atoms with Gasteiger partial charge in [-0.2, -0.15) is 0 Å². The van der Waals surface area contributed by atoms with Gasteiger partial charge in [0.15, 0.2) is 0 Å². The summed E-state index contributed by atoms with van der Waals surface area (Å²) in [6.45, 7) is 3.09. The van der Waals surface area contributed by atoms with Gasteiger partial charge in [-0.1, -0.05) is 48.9 Å². The summed E-state index contributed by atoms with van der Waals surface area (Å²) in [5.41, 5.74) is 2.54. The molecule has 1 N–H and O–H groups in total. The first-order valence-corrected chi connectivity index (χ1v) is 7.57. The predicted molar refractivity (Wildman–Crippen MR) is 83.0 cm³/mol. The Bertz CT molecular complexity index is 553. The molecule has 1 aromatic carbocycles. The Morgan fingerprint density at radius 3 is 2.70 bits per heavy atom. The van der Waals surface area contributed by atoms with E-state index in [1.54, 1.807) is 6.20 Å². The van der Waals surface area contributed by atoms with E-state index in [9.17, 15) is 0 Å². The predicted octanol–water partition coefficient (Wildman–Crippen LogP) is 4.19. The molecule has 0 bridgehead atoms. The molecule has 1 aliphatic carbocycles. The summed E-state index contributed by atoms with van der Waals surface area (Å²) in [6, 6.07) is 15.0. The summed E-state index contributed by atoms with van der Waals surface area (Å²) in [5.74, 6) is 1.28. The van der Waals surface area contributed by atoms with Crippen LogP contribution >= 0.6 is 11.6 Å². The molecule has 2 nitrogen and oxygen atoms in total. The van der Waals surface area contributed by atoms with Gasteiger partial charge in [-0.25, -0.2) is 0 Å². The standard InChI is InChI=1S/C17H19ClN2/c1-2-19-17(16-9-8-13(18)11-20-16)15-10-14(15)12-6-4-3-5-7-12/h3-9,11,14-15,17,19H,2,10H2,1H3. The van der Waals surface area contributed by atoms with Crippen molar-refractivity contribution in [2.45, 2.75) is 25.3 Å². The number of nitrogens with zero attached hydrogens (tertiary/aromatic N) is 1. The average Bonchev–Trinajstić information content (AvgIpc) is 3.27. The van der Waals surface area contributed by atoms with Crippen molar-refractivity contribution >= 4 is 11.6 Å². The second-order valence-electron chi connectivity index (χ2n) is 5.35. The van der Waals surface area contributed by atoms with Crippen LogP contribution in [0.3, 0.4) is 0 Å². The topological polar surface area (TPSA) is 24.9 Å². The lowest BCUT2D eigenvalue weighted by Crippen LogP contribution is -2.24. The highest BCUT2D eigenvalue weighted by Crippen LogP contribution is 2.53. The molecule has 1 saturated carbocycles. The molecule has 3 atom stereocenters. The van der Waals surface area contributed by atoms with Gasteiger partial charge < -0.3 is 5.32 Å². The van der Waals surface area contributed by atoms with Crippen molar-refractivity contribution in [2.75, 3.05) is 6.54 Å².